The van der Waals surface area contributed by atoms with Crippen LogP contribution in [0.1, 0.15) is 18.4 Å². The monoisotopic (exact) mass is 398 g/mol. The van der Waals surface area contributed by atoms with Crippen molar-refractivity contribution in [2.75, 3.05) is 5.32 Å². The molecule has 0 atom stereocenters. The number of hydrogen-bond acceptors (Lipinski definition) is 5. The third-order valence-corrected chi connectivity index (χ3v) is 5.29. The van der Waals surface area contributed by atoms with Crippen molar-refractivity contribution in [1.29, 1.82) is 0 Å². The van der Waals surface area contributed by atoms with Crippen LogP contribution >= 0.6 is 0 Å². The van der Waals surface area contributed by atoms with Gasteiger partial charge in [-0.15, -0.1) is 0 Å². The number of pyridine rings is 1. The fourth-order valence-electron chi connectivity index (χ4n) is 3.63. The van der Waals surface area contributed by atoms with Gasteiger partial charge in [-0.1, -0.05) is 6.58 Å². The molecule has 6 rings (SSSR count). The van der Waals surface area contributed by atoms with Crippen LogP contribution in [0.4, 0.5) is 5.82 Å². The average molecular weight is 398 g/mol. The van der Waals surface area contributed by atoms with E-state index in [-0.39, 0.29) is 5.69 Å². The molecule has 5 aromatic rings. The Morgan fingerprint density at radius 3 is 2.93 bits per heavy atom. The van der Waals surface area contributed by atoms with Crippen LogP contribution < -0.4 is 21.7 Å². The van der Waals surface area contributed by atoms with Crippen LogP contribution in [0.3, 0.4) is 0 Å². The van der Waals surface area contributed by atoms with Gasteiger partial charge in [-0.2, -0.15) is 9.61 Å². The third-order valence-electron chi connectivity index (χ3n) is 5.29. The normalized spacial score (nSPS) is 14.7. The molecule has 5 aromatic heterocycles. The topological polar surface area (TPSA) is 109 Å². The molecule has 1 fully saturated rings. The highest BCUT2D eigenvalue weighted by atomic mass is 16.1. The van der Waals surface area contributed by atoms with E-state index in [1.807, 2.05) is 41.2 Å². The predicted octanol–water partition coefficient (Wildman–Crippen LogP) is 0.898. The molecule has 30 heavy (non-hydrogen) atoms. The summed E-state index contributed by atoms with van der Waals surface area (Å²) in [5.41, 5.74) is 2.21. The van der Waals surface area contributed by atoms with Crippen molar-refractivity contribution >= 4 is 35.0 Å². The Morgan fingerprint density at radius 1 is 1.23 bits per heavy atom. The van der Waals surface area contributed by atoms with Crippen molar-refractivity contribution in [2.24, 2.45) is 0 Å². The molecule has 148 valence electrons. The zero-order chi connectivity index (χ0) is 20.2. The van der Waals surface area contributed by atoms with Gasteiger partial charge in [0.25, 0.3) is 0 Å². The molecule has 1 saturated carbocycles. The first-order valence-electron chi connectivity index (χ1n) is 9.71. The second-order valence-corrected chi connectivity index (χ2v) is 7.49. The molecular formula is C21H18N8O. The number of rotatable bonds is 4. The lowest BCUT2D eigenvalue weighted by atomic mass is 10.3. The maximum absolute atomic E-state index is 11.6. The Kier molecular flexibility index (Phi) is 3.46. The Hall–Kier alpha value is -4.14. The van der Waals surface area contributed by atoms with Gasteiger partial charge >= 0.3 is 5.69 Å². The number of aromatic amines is 2. The van der Waals surface area contributed by atoms with E-state index in [1.54, 1.807) is 16.9 Å². The number of fused-ring (bicyclic) bond motifs is 2. The molecular weight excluding hydrogens is 380 g/mol. The summed E-state index contributed by atoms with van der Waals surface area (Å²) in [6, 6.07) is 6.45. The number of hydrogen-bond donors (Lipinski definition) is 3. The van der Waals surface area contributed by atoms with Crippen LogP contribution in [0.2, 0.25) is 0 Å². The fraction of sp³-hybridized carbons (Fsp3) is 0.143. The van der Waals surface area contributed by atoms with Gasteiger partial charge in [-0.05, 0) is 31.1 Å². The van der Waals surface area contributed by atoms with Gasteiger partial charge in [0.2, 0.25) is 0 Å². The van der Waals surface area contributed by atoms with E-state index in [2.05, 4.69) is 31.9 Å². The number of nitrogens with zero attached hydrogens (tertiary/aromatic N) is 5. The van der Waals surface area contributed by atoms with E-state index >= 15 is 0 Å². The fourth-order valence-corrected chi connectivity index (χ4v) is 3.63. The van der Waals surface area contributed by atoms with Gasteiger partial charge < -0.3 is 19.9 Å². The molecule has 0 radical (unpaired) electrons. The second kappa shape index (κ2) is 6.18. The van der Waals surface area contributed by atoms with Crippen molar-refractivity contribution in [3.63, 3.8) is 0 Å². The molecule has 0 saturated heterocycles. The number of nitrogens with one attached hydrogen (secondary N) is 3. The molecule has 0 spiro atoms. The van der Waals surface area contributed by atoms with E-state index in [0.29, 0.717) is 22.4 Å². The summed E-state index contributed by atoms with van der Waals surface area (Å²) in [5, 5.41) is 10.3. The summed E-state index contributed by atoms with van der Waals surface area (Å²) in [5.74, 6) is 1.66. The van der Waals surface area contributed by atoms with Gasteiger partial charge in [-0.3, -0.25) is 4.98 Å². The van der Waals surface area contributed by atoms with Gasteiger partial charge in [0.05, 0.1) is 22.4 Å². The Bertz CT molecular complexity index is 1580. The van der Waals surface area contributed by atoms with Gasteiger partial charge in [0.1, 0.15) is 11.6 Å². The largest absolute Gasteiger partial charge is 0.367 e. The summed E-state index contributed by atoms with van der Waals surface area (Å²) >= 11 is 0. The average Bonchev–Trinajstić information content (AvgIpc) is 3.16. The highest BCUT2D eigenvalue weighted by Crippen LogP contribution is 2.28. The highest BCUT2D eigenvalue weighted by molar-refractivity contribution is 5.81. The lowest BCUT2D eigenvalue weighted by molar-refractivity contribution is 0.908. The summed E-state index contributed by atoms with van der Waals surface area (Å²) in [6.45, 7) is 3.87. The maximum Gasteiger partial charge on any atom is 0.323 e. The van der Waals surface area contributed by atoms with Crippen LogP contribution in [-0.4, -0.2) is 40.2 Å². The van der Waals surface area contributed by atoms with Crippen LogP contribution in [-0.2, 0) is 0 Å². The SMILES string of the molecule is C=c1[nH]c(=O)[nH]/c1=C\c1cnn2c(NC3CC3)cc(-n3ccc4cnccc43)nc12. The third kappa shape index (κ3) is 2.71. The molecule has 0 aliphatic heterocycles. The first-order chi connectivity index (χ1) is 14.7. The summed E-state index contributed by atoms with van der Waals surface area (Å²) in [7, 11) is 0. The zero-order valence-electron chi connectivity index (χ0n) is 16.0. The van der Waals surface area contributed by atoms with Crippen LogP contribution in [0.25, 0.3) is 35.0 Å². The molecule has 9 nitrogen and oxygen atoms in total. The minimum absolute atomic E-state index is 0.292. The number of imidazole rings is 1. The molecule has 0 unspecified atom stereocenters. The molecule has 0 aromatic carbocycles. The van der Waals surface area contributed by atoms with E-state index in [9.17, 15) is 4.79 Å². The standard InChI is InChI=1S/C21H18N8O/c1-12-16(26-21(30)24-12)8-14-11-23-29-19(25-15-2-3-15)9-18(27-20(14)29)28-7-5-13-10-22-6-4-17(13)28/h4-11,15,25H,1-3H2,(H2,24,26,30)/b16-8-. The molecule has 0 bridgehead atoms. The van der Waals surface area contributed by atoms with Crippen molar-refractivity contribution in [3.8, 4) is 5.82 Å². The minimum atomic E-state index is -0.292. The highest BCUT2D eigenvalue weighted by Gasteiger charge is 2.23. The first-order valence-corrected chi connectivity index (χ1v) is 9.71. The van der Waals surface area contributed by atoms with Crippen LogP contribution in [0.5, 0.6) is 0 Å². The number of aromatic nitrogens is 7. The quantitative estimate of drug-likeness (QED) is 0.417. The Balaban J connectivity index is 1.60. The summed E-state index contributed by atoms with van der Waals surface area (Å²) in [4.78, 5) is 26.1. The van der Waals surface area contributed by atoms with Gasteiger partial charge in [0.15, 0.2) is 5.65 Å². The van der Waals surface area contributed by atoms with E-state index in [1.165, 1.54) is 0 Å². The van der Waals surface area contributed by atoms with Crippen molar-refractivity contribution in [2.45, 2.75) is 18.9 Å². The lowest BCUT2D eigenvalue weighted by Gasteiger charge is -2.11. The molecule has 3 N–H and O–H groups in total. The summed E-state index contributed by atoms with van der Waals surface area (Å²) in [6.07, 6.45) is 11.5. The van der Waals surface area contributed by atoms with E-state index in [0.717, 1.165) is 40.9 Å². The lowest BCUT2D eigenvalue weighted by Crippen LogP contribution is -2.22. The van der Waals surface area contributed by atoms with Gasteiger partial charge in [0, 0.05) is 41.6 Å². The first kappa shape index (κ1) is 16.8. The molecule has 5 heterocycles. The van der Waals surface area contributed by atoms with E-state index < -0.39 is 0 Å². The Morgan fingerprint density at radius 2 is 2.13 bits per heavy atom. The van der Waals surface area contributed by atoms with Crippen molar-refractivity contribution in [1.82, 2.24) is 34.1 Å². The maximum atomic E-state index is 11.6. The molecule has 9 heteroatoms. The van der Waals surface area contributed by atoms with Crippen molar-refractivity contribution < 1.29 is 0 Å². The van der Waals surface area contributed by atoms with Crippen LogP contribution in [0.15, 0.2) is 47.8 Å². The summed E-state index contributed by atoms with van der Waals surface area (Å²) < 4.78 is 3.84. The molecule has 1 aliphatic rings. The van der Waals surface area contributed by atoms with E-state index in [4.69, 9.17) is 4.98 Å². The second-order valence-electron chi connectivity index (χ2n) is 7.49. The van der Waals surface area contributed by atoms with Crippen LogP contribution in [0, 0.1) is 0 Å². The van der Waals surface area contributed by atoms with Gasteiger partial charge in [-0.25, -0.2) is 9.78 Å². The molecule has 1 aliphatic carbocycles. The Labute approximate surface area is 169 Å². The smallest absolute Gasteiger partial charge is 0.323 e. The number of H-pyrrole nitrogens is 2. The zero-order valence-corrected chi connectivity index (χ0v) is 16.0. The molecule has 0 amide bonds. The predicted molar refractivity (Wildman–Crippen MR) is 114 cm³/mol. The number of anilines is 1. The van der Waals surface area contributed by atoms with Crippen molar-refractivity contribution in [3.05, 3.63) is 69.7 Å². The minimum Gasteiger partial charge on any atom is -0.367 e.